The van der Waals surface area contributed by atoms with Crippen molar-refractivity contribution in [3.05, 3.63) is 71.8 Å². The van der Waals surface area contributed by atoms with Gasteiger partial charge in [-0.1, -0.05) is 60.7 Å². The standard InChI is InChI=1S/C18H17NO5/c20-17(21)15-12-23-16(14-9-5-2-6-10-14)19(15)18(22)24-11-13-7-3-1-4-8-13/h1-10,15-16H,11-12H2,(H,20,21). The summed E-state index contributed by atoms with van der Waals surface area (Å²) in [4.78, 5) is 25.1. The Bertz CT molecular complexity index is 704. The van der Waals surface area contributed by atoms with Crippen molar-refractivity contribution >= 4 is 12.1 Å². The maximum atomic E-state index is 12.5. The van der Waals surface area contributed by atoms with Crippen LogP contribution in [0.2, 0.25) is 0 Å². The van der Waals surface area contributed by atoms with Gasteiger partial charge in [-0.2, -0.15) is 0 Å². The van der Waals surface area contributed by atoms with E-state index in [4.69, 9.17) is 9.47 Å². The van der Waals surface area contributed by atoms with Crippen LogP contribution in [-0.2, 0) is 20.9 Å². The van der Waals surface area contributed by atoms with Crippen LogP contribution in [0, 0.1) is 0 Å². The van der Waals surface area contributed by atoms with Crippen LogP contribution < -0.4 is 0 Å². The second kappa shape index (κ2) is 7.14. The topological polar surface area (TPSA) is 76.1 Å². The summed E-state index contributed by atoms with van der Waals surface area (Å²) in [6.45, 7) is -0.000642. The number of ether oxygens (including phenoxy) is 2. The maximum Gasteiger partial charge on any atom is 0.413 e. The molecule has 0 aromatic heterocycles. The summed E-state index contributed by atoms with van der Waals surface area (Å²) in [7, 11) is 0. The minimum Gasteiger partial charge on any atom is -0.480 e. The Hall–Kier alpha value is -2.86. The molecule has 1 amide bonds. The number of hydrogen-bond donors (Lipinski definition) is 1. The van der Waals surface area contributed by atoms with E-state index < -0.39 is 24.3 Å². The van der Waals surface area contributed by atoms with Crippen molar-refractivity contribution in [2.24, 2.45) is 0 Å². The zero-order chi connectivity index (χ0) is 16.9. The van der Waals surface area contributed by atoms with E-state index in [9.17, 15) is 14.7 Å². The molecule has 1 heterocycles. The summed E-state index contributed by atoms with van der Waals surface area (Å²) >= 11 is 0. The Morgan fingerprint density at radius 3 is 2.33 bits per heavy atom. The fourth-order valence-corrected chi connectivity index (χ4v) is 2.59. The van der Waals surface area contributed by atoms with Gasteiger partial charge >= 0.3 is 12.1 Å². The molecular formula is C18H17NO5. The molecular weight excluding hydrogens is 310 g/mol. The molecule has 3 rings (SSSR count). The average Bonchev–Trinajstić information content (AvgIpc) is 3.07. The van der Waals surface area contributed by atoms with Gasteiger partial charge in [0.25, 0.3) is 0 Å². The lowest BCUT2D eigenvalue weighted by Crippen LogP contribution is -2.43. The first-order valence-corrected chi connectivity index (χ1v) is 7.55. The summed E-state index contributed by atoms with van der Waals surface area (Å²) in [5.41, 5.74) is 1.53. The van der Waals surface area contributed by atoms with E-state index in [2.05, 4.69) is 0 Å². The zero-order valence-corrected chi connectivity index (χ0v) is 12.9. The van der Waals surface area contributed by atoms with Crippen LogP contribution in [0.4, 0.5) is 4.79 Å². The molecule has 0 aliphatic carbocycles. The third-order valence-electron chi connectivity index (χ3n) is 3.79. The van der Waals surface area contributed by atoms with Crippen molar-refractivity contribution in [2.45, 2.75) is 18.9 Å². The third-order valence-corrected chi connectivity index (χ3v) is 3.79. The van der Waals surface area contributed by atoms with Crippen LogP contribution in [0.1, 0.15) is 17.4 Å². The van der Waals surface area contributed by atoms with E-state index in [0.717, 1.165) is 10.5 Å². The molecule has 6 heteroatoms. The molecule has 1 fully saturated rings. The average molecular weight is 327 g/mol. The lowest BCUT2D eigenvalue weighted by atomic mass is 10.2. The van der Waals surface area contributed by atoms with Crippen LogP contribution in [-0.4, -0.2) is 34.7 Å². The van der Waals surface area contributed by atoms with Crippen molar-refractivity contribution in [1.29, 1.82) is 0 Å². The predicted octanol–water partition coefficient (Wildman–Crippen LogP) is 2.81. The first kappa shape index (κ1) is 16.0. The number of benzene rings is 2. The van der Waals surface area contributed by atoms with Gasteiger partial charge in [-0.25, -0.2) is 9.59 Å². The van der Waals surface area contributed by atoms with Gasteiger partial charge in [0.05, 0.1) is 6.61 Å². The van der Waals surface area contributed by atoms with E-state index in [1.165, 1.54) is 0 Å². The number of aliphatic carboxylic acids is 1. The molecule has 24 heavy (non-hydrogen) atoms. The number of hydrogen-bond acceptors (Lipinski definition) is 4. The Balaban J connectivity index is 1.77. The largest absolute Gasteiger partial charge is 0.480 e. The van der Waals surface area contributed by atoms with Gasteiger partial charge < -0.3 is 14.6 Å². The lowest BCUT2D eigenvalue weighted by molar-refractivity contribution is -0.141. The van der Waals surface area contributed by atoms with Gasteiger partial charge in [0.15, 0.2) is 12.3 Å². The second-order valence-electron chi connectivity index (χ2n) is 5.40. The molecule has 2 unspecified atom stereocenters. The summed E-state index contributed by atoms with van der Waals surface area (Å²) < 4.78 is 10.8. The SMILES string of the molecule is O=C(O)C1COC(c2ccccc2)N1C(=O)OCc1ccccc1. The van der Waals surface area contributed by atoms with E-state index in [0.29, 0.717) is 5.56 Å². The normalized spacial score (nSPS) is 19.9. The predicted molar refractivity (Wildman–Crippen MR) is 85.0 cm³/mol. The number of rotatable bonds is 4. The van der Waals surface area contributed by atoms with Crippen molar-refractivity contribution in [3.8, 4) is 0 Å². The molecule has 1 N–H and O–H groups in total. The minimum atomic E-state index is -1.12. The van der Waals surface area contributed by atoms with Crippen LogP contribution in [0.25, 0.3) is 0 Å². The van der Waals surface area contributed by atoms with Gasteiger partial charge in [-0.3, -0.25) is 4.90 Å². The smallest absolute Gasteiger partial charge is 0.413 e. The highest BCUT2D eigenvalue weighted by molar-refractivity contribution is 5.81. The van der Waals surface area contributed by atoms with Gasteiger partial charge in [0, 0.05) is 5.56 Å². The molecule has 1 aliphatic heterocycles. The number of carboxylic acids is 1. The number of nitrogens with zero attached hydrogens (tertiary/aromatic N) is 1. The highest BCUT2D eigenvalue weighted by atomic mass is 16.6. The molecule has 2 aromatic rings. The molecule has 2 atom stereocenters. The van der Waals surface area contributed by atoms with Crippen LogP contribution in [0.15, 0.2) is 60.7 Å². The van der Waals surface area contributed by atoms with Crippen molar-refractivity contribution in [2.75, 3.05) is 6.61 Å². The highest BCUT2D eigenvalue weighted by Gasteiger charge is 2.43. The van der Waals surface area contributed by atoms with Crippen LogP contribution in [0.5, 0.6) is 0 Å². The van der Waals surface area contributed by atoms with Gasteiger partial charge in [0.1, 0.15) is 6.61 Å². The molecule has 124 valence electrons. The monoisotopic (exact) mass is 327 g/mol. The lowest BCUT2D eigenvalue weighted by Gasteiger charge is -2.25. The summed E-state index contributed by atoms with van der Waals surface area (Å²) in [5.74, 6) is -1.12. The Kier molecular flexibility index (Phi) is 4.77. The second-order valence-corrected chi connectivity index (χ2v) is 5.40. The first-order valence-electron chi connectivity index (χ1n) is 7.55. The molecule has 0 spiro atoms. The summed E-state index contributed by atoms with van der Waals surface area (Å²) in [5, 5.41) is 9.35. The maximum absolute atomic E-state index is 12.5. The number of amides is 1. The highest BCUT2D eigenvalue weighted by Crippen LogP contribution is 2.31. The quantitative estimate of drug-likeness (QED) is 0.934. The van der Waals surface area contributed by atoms with Crippen molar-refractivity contribution in [1.82, 2.24) is 4.90 Å². The zero-order valence-electron chi connectivity index (χ0n) is 12.9. The van der Waals surface area contributed by atoms with E-state index in [1.807, 2.05) is 36.4 Å². The number of carbonyl (C=O) groups is 2. The van der Waals surface area contributed by atoms with Crippen LogP contribution in [0.3, 0.4) is 0 Å². The van der Waals surface area contributed by atoms with Crippen LogP contribution >= 0.6 is 0 Å². The fraction of sp³-hybridized carbons (Fsp3) is 0.222. The molecule has 6 nitrogen and oxygen atoms in total. The van der Waals surface area contributed by atoms with Crippen molar-refractivity contribution in [3.63, 3.8) is 0 Å². The van der Waals surface area contributed by atoms with E-state index in [-0.39, 0.29) is 13.2 Å². The summed E-state index contributed by atoms with van der Waals surface area (Å²) in [6, 6.07) is 17.2. The number of carbonyl (C=O) groups excluding carboxylic acids is 1. The summed E-state index contributed by atoms with van der Waals surface area (Å²) in [6.07, 6.45) is -1.48. The molecule has 0 saturated carbocycles. The Morgan fingerprint density at radius 1 is 1.08 bits per heavy atom. The van der Waals surface area contributed by atoms with Gasteiger partial charge in [0.2, 0.25) is 0 Å². The molecule has 0 radical (unpaired) electrons. The molecule has 0 bridgehead atoms. The molecule has 2 aromatic carbocycles. The van der Waals surface area contributed by atoms with Crippen molar-refractivity contribution < 1.29 is 24.2 Å². The Morgan fingerprint density at radius 2 is 1.71 bits per heavy atom. The van der Waals surface area contributed by atoms with E-state index >= 15 is 0 Å². The third kappa shape index (κ3) is 3.38. The Labute approximate surface area is 139 Å². The molecule has 1 aliphatic rings. The minimum absolute atomic E-state index is 0.0734. The fourth-order valence-electron chi connectivity index (χ4n) is 2.59. The number of carboxylic acid groups (broad SMARTS) is 1. The van der Waals surface area contributed by atoms with Gasteiger partial charge in [-0.05, 0) is 5.56 Å². The van der Waals surface area contributed by atoms with E-state index in [1.54, 1.807) is 24.3 Å². The first-order chi connectivity index (χ1) is 11.7. The van der Waals surface area contributed by atoms with Gasteiger partial charge in [-0.15, -0.1) is 0 Å². The molecule has 1 saturated heterocycles.